The Balaban J connectivity index is 1.47. The summed E-state index contributed by atoms with van der Waals surface area (Å²) in [4.78, 5) is 4.26. The SMILES string of the molecule is Fc1ccc(-c2cncc(CNCCOc3ccc(Cl)cc3)c2)cc1. The highest BCUT2D eigenvalue weighted by Gasteiger charge is 2.01. The summed E-state index contributed by atoms with van der Waals surface area (Å²) in [5, 5.41) is 4.01. The van der Waals surface area contributed by atoms with Gasteiger partial charge in [-0.1, -0.05) is 23.7 Å². The maximum Gasteiger partial charge on any atom is 0.123 e. The van der Waals surface area contributed by atoms with E-state index in [1.54, 1.807) is 30.5 Å². The zero-order chi connectivity index (χ0) is 17.5. The molecule has 0 fully saturated rings. The average Bonchev–Trinajstić information content (AvgIpc) is 2.64. The molecule has 0 aliphatic carbocycles. The molecule has 0 aliphatic heterocycles. The molecular weight excluding hydrogens is 339 g/mol. The molecule has 0 spiro atoms. The Morgan fingerprint density at radius 1 is 0.960 bits per heavy atom. The predicted octanol–water partition coefficient (Wildman–Crippen LogP) is 4.71. The highest BCUT2D eigenvalue weighted by molar-refractivity contribution is 6.30. The van der Waals surface area contributed by atoms with Crippen LogP contribution in [0.1, 0.15) is 5.56 Å². The minimum Gasteiger partial charge on any atom is -0.492 e. The fourth-order valence-corrected chi connectivity index (χ4v) is 2.52. The zero-order valence-corrected chi connectivity index (χ0v) is 14.3. The van der Waals surface area contributed by atoms with Crippen molar-refractivity contribution < 1.29 is 9.13 Å². The minimum absolute atomic E-state index is 0.241. The van der Waals surface area contributed by atoms with E-state index >= 15 is 0 Å². The molecule has 0 radical (unpaired) electrons. The highest BCUT2D eigenvalue weighted by Crippen LogP contribution is 2.19. The van der Waals surface area contributed by atoms with Gasteiger partial charge in [-0.05, 0) is 53.6 Å². The van der Waals surface area contributed by atoms with Gasteiger partial charge in [-0.15, -0.1) is 0 Å². The van der Waals surface area contributed by atoms with Gasteiger partial charge in [0.2, 0.25) is 0 Å². The van der Waals surface area contributed by atoms with Crippen LogP contribution >= 0.6 is 11.6 Å². The van der Waals surface area contributed by atoms with Gasteiger partial charge < -0.3 is 10.1 Å². The summed E-state index contributed by atoms with van der Waals surface area (Å²) in [5.41, 5.74) is 2.98. The lowest BCUT2D eigenvalue weighted by molar-refractivity contribution is 0.313. The molecule has 3 rings (SSSR count). The third-order valence-corrected chi connectivity index (χ3v) is 3.91. The maximum atomic E-state index is 13.0. The van der Waals surface area contributed by atoms with Crippen molar-refractivity contribution in [1.82, 2.24) is 10.3 Å². The van der Waals surface area contributed by atoms with Crippen LogP contribution in [0.5, 0.6) is 5.75 Å². The van der Waals surface area contributed by atoms with Crippen LogP contribution in [0.4, 0.5) is 4.39 Å². The van der Waals surface area contributed by atoms with Crippen molar-refractivity contribution in [3.63, 3.8) is 0 Å². The molecule has 0 amide bonds. The van der Waals surface area contributed by atoms with Crippen LogP contribution in [-0.2, 0) is 6.54 Å². The molecule has 0 atom stereocenters. The molecule has 0 aliphatic rings. The molecule has 1 N–H and O–H groups in total. The summed E-state index contributed by atoms with van der Waals surface area (Å²) < 4.78 is 18.7. The lowest BCUT2D eigenvalue weighted by Crippen LogP contribution is -2.20. The molecule has 0 unspecified atom stereocenters. The van der Waals surface area contributed by atoms with E-state index in [-0.39, 0.29) is 5.82 Å². The van der Waals surface area contributed by atoms with Crippen molar-refractivity contribution in [2.75, 3.05) is 13.2 Å². The van der Waals surface area contributed by atoms with E-state index in [1.165, 1.54) is 12.1 Å². The Kier molecular flexibility index (Phi) is 5.99. The Morgan fingerprint density at radius 2 is 1.72 bits per heavy atom. The van der Waals surface area contributed by atoms with E-state index in [1.807, 2.05) is 24.4 Å². The van der Waals surface area contributed by atoms with Gasteiger partial charge in [-0.2, -0.15) is 0 Å². The fourth-order valence-electron chi connectivity index (χ4n) is 2.39. The van der Waals surface area contributed by atoms with Gasteiger partial charge in [0, 0.05) is 36.1 Å². The van der Waals surface area contributed by atoms with E-state index in [2.05, 4.69) is 10.3 Å². The average molecular weight is 357 g/mol. The fraction of sp³-hybridized carbons (Fsp3) is 0.150. The first kappa shape index (κ1) is 17.4. The lowest BCUT2D eigenvalue weighted by atomic mass is 10.1. The van der Waals surface area contributed by atoms with Crippen molar-refractivity contribution in [3.05, 3.63) is 83.4 Å². The minimum atomic E-state index is -0.241. The molecule has 0 saturated carbocycles. The third kappa shape index (κ3) is 5.28. The molecule has 1 heterocycles. The Hall–Kier alpha value is -2.43. The second-order valence-electron chi connectivity index (χ2n) is 5.57. The zero-order valence-electron chi connectivity index (χ0n) is 13.6. The quantitative estimate of drug-likeness (QED) is 0.622. The maximum absolute atomic E-state index is 13.0. The summed E-state index contributed by atoms with van der Waals surface area (Å²) in [7, 11) is 0. The third-order valence-electron chi connectivity index (χ3n) is 3.66. The van der Waals surface area contributed by atoms with E-state index in [4.69, 9.17) is 16.3 Å². The number of pyridine rings is 1. The lowest BCUT2D eigenvalue weighted by Gasteiger charge is -2.09. The first-order valence-electron chi connectivity index (χ1n) is 8.00. The number of hydrogen-bond donors (Lipinski definition) is 1. The standard InChI is InChI=1S/C20H18ClFN2O/c21-18-3-7-20(8-4-18)25-10-9-23-12-15-11-17(14-24-13-15)16-1-5-19(22)6-2-16/h1-8,11,13-14,23H,9-10,12H2. The van der Waals surface area contributed by atoms with Crippen LogP contribution in [0.2, 0.25) is 5.02 Å². The first-order valence-corrected chi connectivity index (χ1v) is 8.37. The number of nitrogens with zero attached hydrogens (tertiary/aromatic N) is 1. The van der Waals surface area contributed by atoms with Crippen LogP contribution < -0.4 is 10.1 Å². The smallest absolute Gasteiger partial charge is 0.123 e. The summed E-state index contributed by atoms with van der Waals surface area (Å²) in [5.74, 6) is 0.557. The van der Waals surface area contributed by atoms with Gasteiger partial charge in [0.25, 0.3) is 0 Å². The summed E-state index contributed by atoms with van der Waals surface area (Å²) in [6.07, 6.45) is 3.60. The predicted molar refractivity (Wildman–Crippen MR) is 98.3 cm³/mol. The largest absolute Gasteiger partial charge is 0.492 e. The molecule has 2 aromatic carbocycles. The van der Waals surface area contributed by atoms with Crippen LogP contribution in [0, 0.1) is 5.82 Å². The van der Waals surface area contributed by atoms with Gasteiger partial charge in [0.05, 0.1) is 0 Å². The second kappa shape index (κ2) is 8.60. The number of rotatable bonds is 7. The molecular formula is C20H18ClFN2O. The molecule has 3 nitrogen and oxygen atoms in total. The Labute approximate surface area is 151 Å². The number of ether oxygens (including phenoxy) is 1. The number of hydrogen-bond acceptors (Lipinski definition) is 3. The number of aromatic nitrogens is 1. The summed E-state index contributed by atoms with van der Waals surface area (Å²) in [6.45, 7) is 1.96. The summed E-state index contributed by atoms with van der Waals surface area (Å²) in [6, 6.07) is 15.8. The van der Waals surface area contributed by atoms with E-state index < -0.39 is 0 Å². The Bertz CT molecular complexity index is 807. The van der Waals surface area contributed by atoms with E-state index in [0.29, 0.717) is 24.7 Å². The van der Waals surface area contributed by atoms with E-state index in [9.17, 15) is 4.39 Å². The van der Waals surface area contributed by atoms with Crippen LogP contribution in [0.25, 0.3) is 11.1 Å². The monoisotopic (exact) mass is 356 g/mol. The first-order chi connectivity index (χ1) is 12.2. The van der Waals surface area contributed by atoms with Crippen molar-refractivity contribution in [3.8, 4) is 16.9 Å². The van der Waals surface area contributed by atoms with Gasteiger partial charge in [-0.25, -0.2) is 4.39 Å². The number of halogens is 2. The molecule has 1 aromatic heterocycles. The molecule has 128 valence electrons. The van der Waals surface area contributed by atoms with Crippen molar-refractivity contribution >= 4 is 11.6 Å². The van der Waals surface area contributed by atoms with Gasteiger partial charge in [-0.3, -0.25) is 4.98 Å². The summed E-state index contributed by atoms with van der Waals surface area (Å²) >= 11 is 5.84. The number of benzene rings is 2. The second-order valence-corrected chi connectivity index (χ2v) is 6.00. The molecule has 0 saturated heterocycles. The highest BCUT2D eigenvalue weighted by atomic mass is 35.5. The van der Waals surface area contributed by atoms with Crippen LogP contribution in [0.3, 0.4) is 0 Å². The van der Waals surface area contributed by atoms with Crippen molar-refractivity contribution in [1.29, 1.82) is 0 Å². The molecule has 25 heavy (non-hydrogen) atoms. The van der Waals surface area contributed by atoms with Gasteiger partial charge in [0.1, 0.15) is 18.2 Å². The van der Waals surface area contributed by atoms with Gasteiger partial charge in [0.15, 0.2) is 0 Å². The van der Waals surface area contributed by atoms with Crippen molar-refractivity contribution in [2.45, 2.75) is 6.54 Å². The van der Waals surface area contributed by atoms with Crippen LogP contribution in [0.15, 0.2) is 67.0 Å². The van der Waals surface area contributed by atoms with Crippen LogP contribution in [-0.4, -0.2) is 18.1 Å². The molecule has 3 aromatic rings. The Morgan fingerprint density at radius 3 is 2.48 bits per heavy atom. The molecule has 5 heteroatoms. The van der Waals surface area contributed by atoms with Crippen molar-refractivity contribution in [2.24, 2.45) is 0 Å². The van der Waals surface area contributed by atoms with Gasteiger partial charge >= 0.3 is 0 Å². The normalized spacial score (nSPS) is 10.6. The van der Waals surface area contributed by atoms with E-state index in [0.717, 1.165) is 22.4 Å². The topological polar surface area (TPSA) is 34.2 Å². The number of nitrogens with one attached hydrogen (secondary N) is 1. The molecule has 0 bridgehead atoms.